The van der Waals surface area contributed by atoms with Gasteiger partial charge in [0.05, 0.1) is 11.0 Å². The van der Waals surface area contributed by atoms with Crippen LogP contribution in [0.2, 0.25) is 0 Å². The van der Waals surface area contributed by atoms with E-state index in [9.17, 15) is 0 Å². The Balaban J connectivity index is 2.44. The molecule has 0 saturated carbocycles. The van der Waals surface area contributed by atoms with Crippen molar-refractivity contribution in [1.82, 2.24) is 9.55 Å². The van der Waals surface area contributed by atoms with Crippen molar-refractivity contribution in [2.45, 2.75) is 12.1 Å². The van der Waals surface area contributed by atoms with Gasteiger partial charge < -0.3 is 10.3 Å². The molecule has 1 heterocycles. The second-order valence-electron chi connectivity index (χ2n) is 3.58. The predicted octanol–water partition coefficient (Wildman–Crippen LogP) is 1.93. The first-order valence-corrected chi connectivity index (χ1v) is 5.97. The van der Waals surface area contributed by atoms with Crippen LogP contribution in [0.5, 0.6) is 0 Å². The van der Waals surface area contributed by atoms with Gasteiger partial charge >= 0.3 is 0 Å². The quantitative estimate of drug-likeness (QED) is 0.805. The van der Waals surface area contributed by atoms with Gasteiger partial charge in [-0.15, -0.1) is 0 Å². The fraction of sp³-hybridized carbons (Fsp3) is 0.364. The second kappa shape index (κ2) is 4.24. The van der Waals surface area contributed by atoms with Gasteiger partial charge in [0.15, 0.2) is 5.16 Å². The summed E-state index contributed by atoms with van der Waals surface area (Å²) in [6, 6.07) is 6.34. The summed E-state index contributed by atoms with van der Waals surface area (Å²) in [5.74, 6) is 0.913. The zero-order valence-corrected chi connectivity index (χ0v) is 9.84. The maximum absolute atomic E-state index is 5.49. The maximum Gasteiger partial charge on any atom is 0.168 e. The largest absolute Gasteiger partial charge is 0.330 e. The van der Waals surface area contributed by atoms with Gasteiger partial charge in [0.1, 0.15) is 0 Å². The molecule has 0 aliphatic heterocycles. The van der Waals surface area contributed by atoms with Gasteiger partial charge in [-0.05, 0) is 24.6 Å². The van der Waals surface area contributed by atoms with E-state index < -0.39 is 0 Å². The Morgan fingerprint density at radius 3 is 3.00 bits per heavy atom. The smallest absolute Gasteiger partial charge is 0.168 e. The lowest BCUT2D eigenvalue weighted by atomic mass is 10.2. The van der Waals surface area contributed by atoms with E-state index in [1.54, 1.807) is 11.8 Å². The summed E-state index contributed by atoms with van der Waals surface area (Å²) in [6.07, 6.45) is 0. The van der Waals surface area contributed by atoms with E-state index in [-0.39, 0.29) is 0 Å². The van der Waals surface area contributed by atoms with E-state index in [1.165, 1.54) is 11.1 Å². The van der Waals surface area contributed by atoms with Crippen LogP contribution >= 0.6 is 11.8 Å². The van der Waals surface area contributed by atoms with Crippen LogP contribution < -0.4 is 5.73 Å². The Morgan fingerprint density at radius 2 is 2.27 bits per heavy atom. The molecule has 0 saturated heterocycles. The molecule has 15 heavy (non-hydrogen) atoms. The highest BCUT2D eigenvalue weighted by Gasteiger charge is 2.07. The average molecular weight is 221 g/mol. The molecule has 0 bridgehead atoms. The molecule has 1 aromatic heterocycles. The first kappa shape index (κ1) is 10.5. The zero-order valence-electron chi connectivity index (χ0n) is 9.03. The lowest BCUT2D eigenvalue weighted by Crippen LogP contribution is -2.02. The Kier molecular flexibility index (Phi) is 2.98. The minimum atomic E-state index is 0.687. The third kappa shape index (κ3) is 2.01. The van der Waals surface area contributed by atoms with Crippen molar-refractivity contribution in [2.75, 3.05) is 12.3 Å². The van der Waals surface area contributed by atoms with E-state index in [4.69, 9.17) is 5.73 Å². The normalized spacial score (nSPS) is 11.1. The van der Waals surface area contributed by atoms with Crippen molar-refractivity contribution < 1.29 is 0 Å². The molecule has 2 N–H and O–H groups in total. The number of thioether (sulfide) groups is 1. The molecule has 80 valence electrons. The van der Waals surface area contributed by atoms with Crippen LogP contribution in [-0.2, 0) is 7.05 Å². The highest BCUT2D eigenvalue weighted by atomic mass is 32.2. The van der Waals surface area contributed by atoms with Crippen molar-refractivity contribution >= 4 is 22.8 Å². The number of imidazole rings is 1. The minimum Gasteiger partial charge on any atom is -0.330 e. The van der Waals surface area contributed by atoms with E-state index >= 15 is 0 Å². The van der Waals surface area contributed by atoms with Crippen molar-refractivity contribution in [3.05, 3.63) is 23.8 Å². The first-order valence-electron chi connectivity index (χ1n) is 4.98. The van der Waals surface area contributed by atoms with Gasteiger partial charge in [-0.25, -0.2) is 4.98 Å². The van der Waals surface area contributed by atoms with Crippen molar-refractivity contribution in [3.63, 3.8) is 0 Å². The minimum absolute atomic E-state index is 0.687. The Hall–Kier alpha value is -1.00. The van der Waals surface area contributed by atoms with Crippen LogP contribution in [0.4, 0.5) is 0 Å². The third-order valence-corrected chi connectivity index (χ3v) is 3.41. The SMILES string of the molecule is Cc1ccc2c(c1)nc(SCCN)n2C. The first-order chi connectivity index (χ1) is 7.22. The highest BCUT2D eigenvalue weighted by Crippen LogP contribution is 2.22. The van der Waals surface area contributed by atoms with E-state index in [1.807, 2.05) is 7.05 Å². The van der Waals surface area contributed by atoms with E-state index in [0.717, 1.165) is 16.4 Å². The summed E-state index contributed by atoms with van der Waals surface area (Å²) in [7, 11) is 2.05. The molecule has 0 aliphatic carbocycles. The van der Waals surface area contributed by atoms with Crippen LogP contribution in [0.3, 0.4) is 0 Å². The molecule has 0 aliphatic rings. The predicted molar refractivity (Wildman–Crippen MR) is 65.2 cm³/mol. The molecule has 0 unspecified atom stereocenters. The van der Waals surface area contributed by atoms with Crippen molar-refractivity contribution in [3.8, 4) is 0 Å². The maximum atomic E-state index is 5.49. The Morgan fingerprint density at radius 1 is 1.47 bits per heavy atom. The average Bonchev–Trinajstić information content (AvgIpc) is 2.52. The summed E-state index contributed by atoms with van der Waals surface area (Å²) in [5, 5.41) is 1.04. The molecule has 0 atom stereocenters. The summed E-state index contributed by atoms with van der Waals surface area (Å²) in [6.45, 7) is 2.77. The molecule has 4 heteroatoms. The number of aryl methyl sites for hydroxylation is 2. The van der Waals surface area contributed by atoms with Crippen LogP contribution in [-0.4, -0.2) is 21.8 Å². The van der Waals surface area contributed by atoms with Crippen LogP contribution in [0, 0.1) is 6.92 Å². The van der Waals surface area contributed by atoms with Crippen LogP contribution in [0.15, 0.2) is 23.4 Å². The second-order valence-corrected chi connectivity index (χ2v) is 4.64. The molecule has 3 nitrogen and oxygen atoms in total. The standard InChI is InChI=1S/C11H15N3S/c1-8-3-4-10-9(7-8)13-11(14(10)2)15-6-5-12/h3-4,7H,5-6,12H2,1-2H3. The fourth-order valence-electron chi connectivity index (χ4n) is 1.57. The lowest BCUT2D eigenvalue weighted by Gasteiger charge is -1.99. The molecule has 0 spiro atoms. The molecule has 0 fully saturated rings. The number of hydrogen-bond acceptors (Lipinski definition) is 3. The fourth-order valence-corrected chi connectivity index (χ4v) is 2.32. The van der Waals surface area contributed by atoms with Gasteiger partial charge in [-0.3, -0.25) is 0 Å². The number of rotatable bonds is 3. The highest BCUT2D eigenvalue weighted by molar-refractivity contribution is 7.99. The van der Waals surface area contributed by atoms with Gasteiger partial charge in [0.25, 0.3) is 0 Å². The van der Waals surface area contributed by atoms with Gasteiger partial charge in [-0.2, -0.15) is 0 Å². The zero-order chi connectivity index (χ0) is 10.8. The third-order valence-electron chi connectivity index (χ3n) is 2.34. The summed E-state index contributed by atoms with van der Waals surface area (Å²) in [4.78, 5) is 4.58. The molecular weight excluding hydrogens is 206 g/mol. The summed E-state index contributed by atoms with van der Waals surface area (Å²) >= 11 is 1.71. The van der Waals surface area contributed by atoms with Gasteiger partial charge in [0.2, 0.25) is 0 Å². The number of hydrogen-bond donors (Lipinski definition) is 1. The van der Waals surface area contributed by atoms with Crippen molar-refractivity contribution in [2.24, 2.45) is 12.8 Å². The van der Waals surface area contributed by atoms with E-state index in [2.05, 4.69) is 34.7 Å². The van der Waals surface area contributed by atoms with Crippen LogP contribution in [0.25, 0.3) is 11.0 Å². The number of benzene rings is 1. The molecule has 1 aromatic carbocycles. The van der Waals surface area contributed by atoms with Gasteiger partial charge in [-0.1, -0.05) is 17.8 Å². The number of nitrogens with zero attached hydrogens (tertiary/aromatic N) is 2. The number of fused-ring (bicyclic) bond motifs is 1. The monoisotopic (exact) mass is 221 g/mol. The number of nitrogens with two attached hydrogens (primary N) is 1. The molecule has 0 radical (unpaired) electrons. The van der Waals surface area contributed by atoms with E-state index in [0.29, 0.717) is 6.54 Å². The lowest BCUT2D eigenvalue weighted by molar-refractivity contribution is 0.814. The van der Waals surface area contributed by atoms with Crippen molar-refractivity contribution in [1.29, 1.82) is 0 Å². The topological polar surface area (TPSA) is 43.8 Å². The molecule has 2 rings (SSSR count). The van der Waals surface area contributed by atoms with Crippen LogP contribution in [0.1, 0.15) is 5.56 Å². The molecule has 0 amide bonds. The Labute approximate surface area is 93.7 Å². The summed E-state index contributed by atoms with van der Waals surface area (Å²) in [5.41, 5.74) is 8.98. The number of aromatic nitrogens is 2. The Bertz CT molecular complexity index is 476. The summed E-state index contributed by atoms with van der Waals surface area (Å²) < 4.78 is 2.12. The molecular formula is C11H15N3S. The van der Waals surface area contributed by atoms with Gasteiger partial charge in [0, 0.05) is 19.3 Å². The molecule has 2 aromatic rings.